The van der Waals surface area contributed by atoms with Gasteiger partial charge in [-0.3, -0.25) is 9.59 Å². The van der Waals surface area contributed by atoms with Crippen molar-refractivity contribution >= 4 is 21.8 Å². The summed E-state index contributed by atoms with van der Waals surface area (Å²) < 4.78 is 39.1. The van der Waals surface area contributed by atoms with E-state index in [0.717, 1.165) is 16.4 Å². The van der Waals surface area contributed by atoms with Gasteiger partial charge in [0.2, 0.25) is 15.9 Å². The summed E-state index contributed by atoms with van der Waals surface area (Å²) in [4.78, 5) is 26.3. The van der Waals surface area contributed by atoms with Crippen LogP contribution in [0.1, 0.15) is 23.2 Å². The molecule has 0 aromatic heterocycles. The molecule has 0 bridgehead atoms. The van der Waals surface area contributed by atoms with Gasteiger partial charge in [-0.1, -0.05) is 18.2 Å². The van der Waals surface area contributed by atoms with Gasteiger partial charge in [-0.05, 0) is 49.2 Å². The van der Waals surface area contributed by atoms with Crippen LogP contribution in [0, 0.1) is 5.82 Å². The molecule has 0 unspecified atom stereocenters. The predicted octanol–water partition coefficient (Wildman–Crippen LogP) is 1.87. The molecule has 160 valence electrons. The number of benzene rings is 2. The molecule has 9 heteroatoms. The summed E-state index contributed by atoms with van der Waals surface area (Å²) in [6.07, 6.45) is 1.19. The number of sulfonamides is 1. The number of nitrogens with zero attached hydrogens (tertiary/aromatic N) is 2. The van der Waals surface area contributed by atoms with Crippen LogP contribution in [-0.4, -0.2) is 62.2 Å². The fourth-order valence-electron chi connectivity index (χ4n) is 3.29. The van der Waals surface area contributed by atoms with Gasteiger partial charge in [-0.15, -0.1) is 0 Å². The second-order valence-electron chi connectivity index (χ2n) is 7.21. The lowest BCUT2D eigenvalue weighted by Crippen LogP contribution is -2.49. The highest BCUT2D eigenvalue weighted by atomic mass is 32.2. The third kappa shape index (κ3) is 5.22. The summed E-state index contributed by atoms with van der Waals surface area (Å²) in [6.45, 7) is 0.562. The standard InChI is InChI=1S/C21H24FN3O4S/c1-24(30(28,29)19-9-7-17(22)8-10-19)15-20(26)25-13-11-18(12-14-25)23-21(27)16-5-3-2-4-6-16/h2-10,18H,11-15H2,1H3,(H,23,27). The Hall–Kier alpha value is -2.78. The van der Waals surface area contributed by atoms with Gasteiger partial charge >= 0.3 is 0 Å². The van der Waals surface area contributed by atoms with E-state index in [1.54, 1.807) is 29.2 Å². The van der Waals surface area contributed by atoms with E-state index < -0.39 is 15.8 Å². The van der Waals surface area contributed by atoms with Crippen LogP contribution in [0.2, 0.25) is 0 Å². The molecule has 0 atom stereocenters. The monoisotopic (exact) mass is 433 g/mol. The highest BCUT2D eigenvalue weighted by Crippen LogP contribution is 2.16. The molecule has 1 heterocycles. The molecule has 7 nitrogen and oxygen atoms in total. The number of carbonyl (C=O) groups is 2. The van der Waals surface area contributed by atoms with E-state index >= 15 is 0 Å². The highest BCUT2D eigenvalue weighted by Gasteiger charge is 2.28. The average molecular weight is 434 g/mol. The van der Waals surface area contributed by atoms with E-state index in [4.69, 9.17) is 0 Å². The normalized spacial score (nSPS) is 15.2. The zero-order valence-corrected chi connectivity index (χ0v) is 17.4. The van der Waals surface area contributed by atoms with Gasteiger partial charge in [0.05, 0.1) is 11.4 Å². The van der Waals surface area contributed by atoms with Crippen LogP contribution >= 0.6 is 0 Å². The first-order valence-corrected chi connectivity index (χ1v) is 11.1. The first-order chi connectivity index (χ1) is 14.3. The van der Waals surface area contributed by atoms with Crippen LogP contribution in [0.4, 0.5) is 4.39 Å². The molecular formula is C21H24FN3O4S. The quantitative estimate of drug-likeness (QED) is 0.754. The summed E-state index contributed by atoms with van der Waals surface area (Å²) in [5.41, 5.74) is 0.587. The van der Waals surface area contributed by atoms with Crippen molar-refractivity contribution in [2.24, 2.45) is 0 Å². The maximum Gasteiger partial charge on any atom is 0.251 e. The van der Waals surface area contributed by atoms with Crippen molar-refractivity contribution in [1.82, 2.24) is 14.5 Å². The van der Waals surface area contributed by atoms with Gasteiger partial charge in [0, 0.05) is 31.7 Å². The molecular weight excluding hydrogens is 409 g/mol. The Labute approximate surface area is 175 Å². The molecule has 2 amide bonds. The minimum absolute atomic E-state index is 0.0394. The molecule has 1 aliphatic rings. The Morgan fingerprint density at radius 3 is 2.27 bits per heavy atom. The largest absolute Gasteiger partial charge is 0.349 e. The molecule has 1 aliphatic heterocycles. The molecule has 1 N–H and O–H groups in total. The van der Waals surface area contributed by atoms with Crippen LogP contribution in [0.25, 0.3) is 0 Å². The van der Waals surface area contributed by atoms with Crippen LogP contribution in [0.15, 0.2) is 59.5 Å². The summed E-state index contributed by atoms with van der Waals surface area (Å²) in [7, 11) is -2.56. The lowest BCUT2D eigenvalue weighted by molar-refractivity contribution is -0.132. The predicted molar refractivity (Wildman–Crippen MR) is 110 cm³/mol. The minimum atomic E-state index is -3.88. The zero-order valence-electron chi connectivity index (χ0n) is 16.6. The number of amides is 2. The van der Waals surface area contributed by atoms with E-state index in [1.165, 1.54) is 19.2 Å². The Kier molecular flexibility index (Phi) is 6.84. The minimum Gasteiger partial charge on any atom is -0.349 e. The van der Waals surface area contributed by atoms with Crippen LogP contribution in [0.3, 0.4) is 0 Å². The van der Waals surface area contributed by atoms with Crippen molar-refractivity contribution < 1.29 is 22.4 Å². The van der Waals surface area contributed by atoms with Gasteiger partial charge in [-0.25, -0.2) is 12.8 Å². The number of piperidine rings is 1. The molecule has 3 rings (SSSR count). The van der Waals surface area contributed by atoms with Gasteiger partial charge < -0.3 is 10.2 Å². The van der Waals surface area contributed by atoms with Crippen molar-refractivity contribution in [1.29, 1.82) is 0 Å². The molecule has 0 radical (unpaired) electrons. The zero-order chi connectivity index (χ0) is 21.7. The molecule has 30 heavy (non-hydrogen) atoms. The van der Waals surface area contributed by atoms with Crippen molar-refractivity contribution in [3.63, 3.8) is 0 Å². The average Bonchev–Trinajstić information content (AvgIpc) is 2.75. The van der Waals surface area contributed by atoms with E-state index in [9.17, 15) is 22.4 Å². The molecule has 1 saturated heterocycles. The van der Waals surface area contributed by atoms with E-state index in [1.807, 2.05) is 6.07 Å². The first kappa shape index (κ1) is 21.9. The molecule has 1 fully saturated rings. The number of carbonyl (C=O) groups excluding carboxylic acids is 2. The van der Waals surface area contributed by atoms with Crippen molar-refractivity contribution in [2.75, 3.05) is 26.7 Å². The van der Waals surface area contributed by atoms with Crippen molar-refractivity contribution in [2.45, 2.75) is 23.8 Å². The lowest BCUT2D eigenvalue weighted by atomic mass is 10.0. The fraction of sp³-hybridized carbons (Fsp3) is 0.333. The molecule has 2 aromatic carbocycles. The summed E-state index contributed by atoms with van der Waals surface area (Å²) in [5, 5.41) is 2.97. The van der Waals surface area contributed by atoms with Gasteiger partial charge in [0.15, 0.2) is 0 Å². The Morgan fingerprint density at radius 1 is 1.07 bits per heavy atom. The lowest BCUT2D eigenvalue weighted by Gasteiger charge is -2.33. The highest BCUT2D eigenvalue weighted by molar-refractivity contribution is 7.89. The number of hydrogen-bond donors (Lipinski definition) is 1. The smallest absolute Gasteiger partial charge is 0.251 e. The Morgan fingerprint density at radius 2 is 1.67 bits per heavy atom. The molecule has 2 aromatic rings. The summed E-state index contributed by atoms with van der Waals surface area (Å²) in [5.74, 6) is -0.989. The van der Waals surface area contributed by atoms with Gasteiger partial charge in [0.1, 0.15) is 5.82 Å². The number of nitrogens with one attached hydrogen (secondary N) is 1. The molecule has 0 aliphatic carbocycles. The first-order valence-electron chi connectivity index (χ1n) is 9.63. The topological polar surface area (TPSA) is 86.8 Å². The summed E-state index contributed by atoms with van der Waals surface area (Å²) >= 11 is 0. The molecule has 0 saturated carbocycles. The van der Waals surface area contributed by atoms with Crippen molar-refractivity contribution in [3.05, 3.63) is 66.0 Å². The number of halogens is 1. The van der Waals surface area contributed by atoms with E-state index in [-0.39, 0.29) is 29.3 Å². The number of rotatable bonds is 6. The maximum atomic E-state index is 13.0. The van der Waals surface area contributed by atoms with Crippen LogP contribution in [0.5, 0.6) is 0 Å². The van der Waals surface area contributed by atoms with Gasteiger partial charge in [-0.2, -0.15) is 4.31 Å². The number of likely N-dealkylation sites (tertiary alicyclic amines) is 1. The van der Waals surface area contributed by atoms with Crippen molar-refractivity contribution in [3.8, 4) is 0 Å². The fourth-order valence-corrected chi connectivity index (χ4v) is 4.41. The van der Waals surface area contributed by atoms with E-state index in [0.29, 0.717) is 31.5 Å². The Balaban J connectivity index is 1.51. The SMILES string of the molecule is CN(CC(=O)N1CCC(NC(=O)c2ccccc2)CC1)S(=O)(=O)c1ccc(F)cc1. The van der Waals surface area contributed by atoms with Gasteiger partial charge in [0.25, 0.3) is 5.91 Å². The van der Waals surface area contributed by atoms with E-state index in [2.05, 4.69) is 5.32 Å². The van der Waals surface area contributed by atoms with Crippen LogP contribution < -0.4 is 5.32 Å². The molecule has 0 spiro atoms. The second-order valence-corrected chi connectivity index (χ2v) is 9.25. The summed E-state index contributed by atoms with van der Waals surface area (Å²) in [6, 6.07) is 13.4. The third-order valence-corrected chi connectivity index (χ3v) is 6.92. The van der Waals surface area contributed by atoms with Crippen LogP contribution in [-0.2, 0) is 14.8 Å². The number of hydrogen-bond acceptors (Lipinski definition) is 4. The number of likely N-dealkylation sites (N-methyl/N-ethyl adjacent to an activating group) is 1. The maximum absolute atomic E-state index is 13.0. The third-order valence-electron chi connectivity index (χ3n) is 5.10. The second kappa shape index (κ2) is 9.36. The Bertz CT molecular complexity index is 989.